The molecule has 0 aromatic carbocycles. The van der Waals surface area contributed by atoms with Crippen LogP contribution < -0.4 is 5.43 Å². The highest BCUT2D eigenvalue weighted by molar-refractivity contribution is 7.11. The van der Waals surface area contributed by atoms with Gasteiger partial charge in [0.1, 0.15) is 21.2 Å². The Morgan fingerprint density at radius 2 is 2.11 bits per heavy atom. The normalized spacial score (nSPS) is 17.2. The van der Waals surface area contributed by atoms with Crippen LogP contribution in [0.3, 0.4) is 0 Å². The predicted octanol–water partition coefficient (Wildman–Crippen LogP) is 2.90. The smallest absolute Gasteiger partial charge is 0.259 e. The molecule has 3 aromatic heterocycles. The Morgan fingerprint density at radius 1 is 1.29 bits per heavy atom. The number of carbonyl (C=O) groups is 1. The van der Waals surface area contributed by atoms with Crippen molar-refractivity contribution < 1.29 is 4.79 Å². The molecular weight excluding hydrogens is 374 g/mol. The van der Waals surface area contributed by atoms with E-state index in [1.165, 1.54) is 0 Å². The van der Waals surface area contributed by atoms with Crippen LogP contribution in [0, 0.1) is 13.8 Å². The number of rotatable bonds is 3. The molecule has 0 unspecified atom stereocenters. The van der Waals surface area contributed by atoms with Gasteiger partial charge < -0.3 is 9.47 Å². The Morgan fingerprint density at radius 3 is 2.82 bits per heavy atom. The summed E-state index contributed by atoms with van der Waals surface area (Å²) in [6.45, 7) is 7.68. The number of piperidine rings is 1. The van der Waals surface area contributed by atoms with E-state index in [-0.39, 0.29) is 22.8 Å². The van der Waals surface area contributed by atoms with Crippen LogP contribution in [0.15, 0.2) is 23.1 Å². The Balaban J connectivity index is 1.69. The lowest BCUT2D eigenvalue weighted by Crippen LogP contribution is -2.41. The van der Waals surface area contributed by atoms with E-state index in [9.17, 15) is 9.59 Å². The molecule has 1 aliphatic heterocycles. The first kappa shape index (κ1) is 18.7. The number of carbonyl (C=O) groups excluding carboxylic acids is 1. The van der Waals surface area contributed by atoms with Gasteiger partial charge in [-0.25, -0.2) is 4.98 Å². The summed E-state index contributed by atoms with van der Waals surface area (Å²) in [5.74, 6) is -0.0253. The molecule has 0 spiro atoms. The molecule has 1 aliphatic rings. The molecule has 8 heteroatoms. The SMILES string of the molecule is CCn1cc(C(=O)N2CCC[C@H](c3nnc(C)s3)C2)c(=O)c2ccc(C)nc21. The monoisotopic (exact) mass is 397 g/mol. The predicted molar refractivity (Wildman–Crippen MR) is 109 cm³/mol. The largest absolute Gasteiger partial charge is 0.338 e. The highest BCUT2D eigenvalue weighted by Gasteiger charge is 2.29. The van der Waals surface area contributed by atoms with Gasteiger partial charge >= 0.3 is 0 Å². The van der Waals surface area contributed by atoms with E-state index in [0.717, 1.165) is 28.6 Å². The van der Waals surface area contributed by atoms with Crippen molar-refractivity contribution in [2.75, 3.05) is 13.1 Å². The van der Waals surface area contributed by atoms with Crippen LogP contribution >= 0.6 is 11.3 Å². The lowest BCUT2D eigenvalue weighted by atomic mass is 9.98. The Bertz CT molecular complexity index is 1100. The highest BCUT2D eigenvalue weighted by Crippen LogP contribution is 2.29. The molecule has 1 fully saturated rings. The number of likely N-dealkylation sites (tertiary alicyclic amines) is 1. The first-order chi connectivity index (χ1) is 13.5. The Kier molecular flexibility index (Phi) is 4.97. The Hall–Kier alpha value is -2.61. The van der Waals surface area contributed by atoms with Crippen molar-refractivity contribution in [1.82, 2.24) is 24.6 Å². The summed E-state index contributed by atoms with van der Waals surface area (Å²) in [4.78, 5) is 32.6. The number of hydrogen-bond donors (Lipinski definition) is 0. The molecule has 1 amide bonds. The maximum absolute atomic E-state index is 13.2. The zero-order valence-electron chi connectivity index (χ0n) is 16.3. The molecule has 146 valence electrons. The zero-order valence-corrected chi connectivity index (χ0v) is 17.1. The molecule has 4 rings (SSSR count). The number of fused-ring (bicyclic) bond motifs is 1. The number of pyridine rings is 2. The molecule has 1 atom stereocenters. The van der Waals surface area contributed by atoms with Gasteiger partial charge in [0.05, 0.1) is 5.39 Å². The van der Waals surface area contributed by atoms with E-state index in [0.29, 0.717) is 30.7 Å². The average molecular weight is 398 g/mol. The van der Waals surface area contributed by atoms with Gasteiger partial charge in [-0.3, -0.25) is 9.59 Å². The maximum Gasteiger partial charge on any atom is 0.259 e. The summed E-state index contributed by atoms with van der Waals surface area (Å²) in [5, 5.41) is 10.8. The van der Waals surface area contributed by atoms with Crippen molar-refractivity contribution in [3.63, 3.8) is 0 Å². The maximum atomic E-state index is 13.2. The van der Waals surface area contributed by atoms with Crippen LogP contribution in [0.2, 0.25) is 0 Å². The van der Waals surface area contributed by atoms with Crippen LogP contribution in [-0.4, -0.2) is 43.6 Å². The first-order valence-electron chi connectivity index (χ1n) is 9.58. The van der Waals surface area contributed by atoms with Crippen molar-refractivity contribution in [1.29, 1.82) is 0 Å². The van der Waals surface area contributed by atoms with E-state index in [4.69, 9.17) is 0 Å². The second-order valence-electron chi connectivity index (χ2n) is 7.23. The van der Waals surface area contributed by atoms with Crippen LogP contribution in [0.5, 0.6) is 0 Å². The summed E-state index contributed by atoms with van der Waals surface area (Å²) in [5.41, 5.74) is 1.45. The van der Waals surface area contributed by atoms with E-state index >= 15 is 0 Å². The van der Waals surface area contributed by atoms with Crippen molar-refractivity contribution in [3.8, 4) is 0 Å². The molecule has 0 bridgehead atoms. The van der Waals surface area contributed by atoms with E-state index < -0.39 is 0 Å². The number of amides is 1. The summed E-state index contributed by atoms with van der Waals surface area (Å²) in [6.07, 6.45) is 3.54. The van der Waals surface area contributed by atoms with Gasteiger partial charge in [-0.1, -0.05) is 0 Å². The molecule has 1 saturated heterocycles. The van der Waals surface area contributed by atoms with Gasteiger partial charge in [-0.05, 0) is 45.7 Å². The van der Waals surface area contributed by atoms with Crippen molar-refractivity contribution in [2.45, 2.75) is 46.1 Å². The van der Waals surface area contributed by atoms with Crippen LogP contribution in [0.4, 0.5) is 0 Å². The van der Waals surface area contributed by atoms with E-state index in [1.54, 1.807) is 28.5 Å². The number of nitrogens with zero attached hydrogens (tertiary/aromatic N) is 5. The average Bonchev–Trinajstić information content (AvgIpc) is 3.14. The fraction of sp³-hybridized carbons (Fsp3) is 0.450. The summed E-state index contributed by atoms with van der Waals surface area (Å²) < 4.78 is 1.88. The zero-order chi connectivity index (χ0) is 19.8. The summed E-state index contributed by atoms with van der Waals surface area (Å²) in [6, 6.07) is 3.58. The molecule has 0 N–H and O–H groups in total. The van der Waals surface area contributed by atoms with Crippen LogP contribution in [0.1, 0.15) is 51.8 Å². The lowest BCUT2D eigenvalue weighted by molar-refractivity contribution is 0.0705. The number of aryl methyl sites for hydroxylation is 3. The summed E-state index contributed by atoms with van der Waals surface area (Å²) in [7, 11) is 0. The topological polar surface area (TPSA) is 81.0 Å². The quantitative estimate of drug-likeness (QED) is 0.679. The third-order valence-electron chi connectivity index (χ3n) is 5.23. The minimum absolute atomic E-state index is 0.182. The van der Waals surface area contributed by atoms with Gasteiger partial charge in [0, 0.05) is 37.4 Å². The van der Waals surface area contributed by atoms with Gasteiger partial charge in [-0.15, -0.1) is 21.5 Å². The van der Waals surface area contributed by atoms with Crippen LogP contribution in [0.25, 0.3) is 11.0 Å². The molecule has 0 aliphatic carbocycles. The summed E-state index contributed by atoms with van der Waals surface area (Å²) >= 11 is 1.58. The van der Waals surface area contributed by atoms with Gasteiger partial charge in [-0.2, -0.15) is 0 Å². The van der Waals surface area contributed by atoms with Crippen LogP contribution in [-0.2, 0) is 6.54 Å². The van der Waals surface area contributed by atoms with Gasteiger partial charge in [0.2, 0.25) is 5.43 Å². The lowest BCUT2D eigenvalue weighted by Gasteiger charge is -2.31. The molecule has 0 saturated carbocycles. The van der Waals surface area contributed by atoms with E-state index in [1.807, 2.05) is 31.4 Å². The molecular formula is C20H23N5O2S. The second-order valence-corrected chi connectivity index (χ2v) is 8.44. The second kappa shape index (κ2) is 7.43. The highest BCUT2D eigenvalue weighted by atomic mass is 32.1. The molecule has 28 heavy (non-hydrogen) atoms. The van der Waals surface area contributed by atoms with Crippen molar-refractivity contribution in [3.05, 3.63) is 49.8 Å². The molecule has 3 aromatic rings. The van der Waals surface area contributed by atoms with Crippen molar-refractivity contribution in [2.24, 2.45) is 0 Å². The number of aromatic nitrogens is 4. The third kappa shape index (κ3) is 3.32. The molecule has 0 radical (unpaired) electrons. The first-order valence-corrected chi connectivity index (χ1v) is 10.4. The van der Waals surface area contributed by atoms with Gasteiger partial charge in [0.25, 0.3) is 5.91 Å². The fourth-order valence-corrected chi connectivity index (χ4v) is 4.59. The minimum Gasteiger partial charge on any atom is -0.338 e. The fourth-order valence-electron chi connectivity index (χ4n) is 3.76. The third-order valence-corrected chi connectivity index (χ3v) is 6.23. The Labute approximate surface area is 167 Å². The van der Waals surface area contributed by atoms with Gasteiger partial charge in [0.15, 0.2) is 0 Å². The van der Waals surface area contributed by atoms with E-state index in [2.05, 4.69) is 15.2 Å². The standard InChI is InChI=1S/C20H23N5O2S/c1-4-24-11-16(17(26)15-8-7-12(2)21-18(15)24)20(27)25-9-5-6-14(10-25)19-23-22-13(3)28-19/h7-8,11,14H,4-6,9-10H2,1-3H3/t14-/m0/s1. The van der Waals surface area contributed by atoms with Crippen molar-refractivity contribution >= 4 is 28.3 Å². The number of hydrogen-bond acceptors (Lipinski definition) is 6. The molecule has 4 heterocycles. The minimum atomic E-state index is -0.244. The molecule has 7 nitrogen and oxygen atoms in total.